The van der Waals surface area contributed by atoms with Gasteiger partial charge in [0, 0.05) is 11.7 Å². The summed E-state index contributed by atoms with van der Waals surface area (Å²) in [6.07, 6.45) is 3.92. The van der Waals surface area contributed by atoms with Gasteiger partial charge in [-0.3, -0.25) is 14.5 Å². The molecule has 1 saturated carbocycles. The fourth-order valence-electron chi connectivity index (χ4n) is 4.33. The molecule has 1 atom stereocenters. The Balaban J connectivity index is 1.83. The molecule has 0 saturated heterocycles. The first-order valence-electron chi connectivity index (χ1n) is 11.6. The molecule has 0 aliphatic heterocycles. The molecular formula is C26H27Cl2N3O3S. The zero-order valence-electron chi connectivity index (χ0n) is 19.5. The van der Waals surface area contributed by atoms with Crippen molar-refractivity contribution >= 4 is 52.2 Å². The number of benzene rings is 2. The van der Waals surface area contributed by atoms with Gasteiger partial charge >= 0.3 is 0 Å². The van der Waals surface area contributed by atoms with Crippen molar-refractivity contribution in [3.05, 3.63) is 74.7 Å². The minimum absolute atomic E-state index is 0.00736. The molecule has 2 aromatic carbocycles. The minimum Gasteiger partial charge on any atom is -0.508 e. The van der Waals surface area contributed by atoms with Gasteiger partial charge < -0.3 is 10.4 Å². The summed E-state index contributed by atoms with van der Waals surface area (Å²) >= 11 is 13.4. The lowest BCUT2D eigenvalue weighted by Crippen LogP contribution is -2.46. The van der Waals surface area contributed by atoms with Crippen LogP contribution in [0.25, 0.3) is 0 Å². The Morgan fingerprint density at radius 2 is 1.63 bits per heavy atom. The lowest BCUT2D eigenvalue weighted by Gasteiger charge is -2.32. The number of carbonyl (C=O) groups excluding carboxylic acids is 2. The number of aromatic nitrogens is 1. The lowest BCUT2D eigenvalue weighted by atomic mass is 9.99. The zero-order valence-corrected chi connectivity index (χ0v) is 21.8. The number of nitrogens with zero attached hydrogens (tertiary/aromatic N) is 2. The van der Waals surface area contributed by atoms with Gasteiger partial charge in [-0.15, -0.1) is 0 Å². The molecule has 1 aliphatic rings. The second-order valence-electron chi connectivity index (χ2n) is 9.02. The van der Waals surface area contributed by atoms with E-state index in [4.69, 9.17) is 23.2 Å². The molecule has 2 amide bonds. The van der Waals surface area contributed by atoms with E-state index in [0.29, 0.717) is 17.2 Å². The van der Waals surface area contributed by atoms with Crippen LogP contribution in [0.1, 0.15) is 73.1 Å². The van der Waals surface area contributed by atoms with Crippen molar-refractivity contribution < 1.29 is 14.7 Å². The second kappa shape index (κ2) is 11.0. The van der Waals surface area contributed by atoms with Gasteiger partial charge in [0.2, 0.25) is 5.91 Å². The topological polar surface area (TPSA) is 82.5 Å². The van der Waals surface area contributed by atoms with Gasteiger partial charge in [-0.1, -0.05) is 74.2 Å². The van der Waals surface area contributed by atoms with Crippen LogP contribution in [0.15, 0.2) is 48.5 Å². The third kappa shape index (κ3) is 5.63. The van der Waals surface area contributed by atoms with Crippen molar-refractivity contribution in [3.8, 4) is 5.75 Å². The number of hydrogen-bond acceptors (Lipinski definition) is 5. The molecule has 1 fully saturated rings. The van der Waals surface area contributed by atoms with Crippen molar-refractivity contribution in [3.63, 3.8) is 0 Å². The molecule has 1 aliphatic carbocycles. The van der Waals surface area contributed by atoms with Crippen molar-refractivity contribution in [2.24, 2.45) is 0 Å². The van der Waals surface area contributed by atoms with E-state index < -0.39 is 11.9 Å². The first-order valence-corrected chi connectivity index (χ1v) is 13.1. The molecule has 0 spiro atoms. The van der Waals surface area contributed by atoms with Crippen LogP contribution in [0.4, 0.5) is 5.69 Å². The monoisotopic (exact) mass is 531 g/mol. The highest BCUT2D eigenvalue weighted by atomic mass is 35.5. The fraction of sp³-hybridized carbons (Fsp3) is 0.346. The summed E-state index contributed by atoms with van der Waals surface area (Å²) in [6, 6.07) is 12.9. The van der Waals surface area contributed by atoms with Crippen molar-refractivity contribution in [1.82, 2.24) is 9.69 Å². The summed E-state index contributed by atoms with van der Waals surface area (Å²) in [7, 11) is 0. The number of halogens is 2. The van der Waals surface area contributed by atoms with E-state index in [1.807, 2.05) is 24.3 Å². The molecule has 184 valence electrons. The van der Waals surface area contributed by atoms with Gasteiger partial charge in [0.25, 0.3) is 5.91 Å². The average Bonchev–Trinajstić information content (AvgIpc) is 3.47. The normalized spacial score (nSPS) is 14.8. The number of carbonyl (C=O) groups is 2. The highest BCUT2D eigenvalue weighted by Gasteiger charge is 2.37. The summed E-state index contributed by atoms with van der Waals surface area (Å²) in [5, 5.41) is 13.0. The Bertz CT molecular complexity index is 1190. The summed E-state index contributed by atoms with van der Waals surface area (Å²) < 4.78 is 4.39. The van der Waals surface area contributed by atoms with E-state index in [1.165, 1.54) is 17.0 Å². The third-order valence-electron chi connectivity index (χ3n) is 6.27. The summed E-state index contributed by atoms with van der Waals surface area (Å²) in [4.78, 5) is 29.1. The van der Waals surface area contributed by atoms with Crippen LogP contribution in [0.5, 0.6) is 5.75 Å². The Labute approximate surface area is 219 Å². The molecule has 1 aromatic heterocycles. The van der Waals surface area contributed by atoms with Crippen LogP contribution in [-0.4, -0.2) is 27.3 Å². The summed E-state index contributed by atoms with van der Waals surface area (Å²) in [5.41, 5.74) is 2.18. The SMILES string of the molecule is CC(C)c1ccc(N(C(=O)c2nsc(Cl)c2Cl)C(C(=O)NC2CCCC2)c2ccc(O)cc2)cc1. The molecule has 1 unspecified atom stereocenters. The van der Waals surface area contributed by atoms with Crippen LogP contribution in [0.2, 0.25) is 9.36 Å². The van der Waals surface area contributed by atoms with E-state index in [0.717, 1.165) is 42.8 Å². The van der Waals surface area contributed by atoms with Gasteiger partial charge in [0.15, 0.2) is 5.69 Å². The molecule has 6 nitrogen and oxygen atoms in total. The molecule has 1 heterocycles. The summed E-state index contributed by atoms with van der Waals surface area (Å²) in [5.74, 6) is -0.466. The Hall–Kier alpha value is -2.61. The quantitative estimate of drug-likeness (QED) is 0.354. The maximum absolute atomic E-state index is 13.9. The Morgan fingerprint density at radius 3 is 2.17 bits per heavy atom. The van der Waals surface area contributed by atoms with E-state index >= 15 is 0 Å². The Morgan fingerprint density at radius 1 is 1.03 bits per heavy atom. The van der Waals surface area contributed by atoms with Crippen LogP contribution in [-0.2, 0) is 4.79 Å². The zero-order chi connectivity index (χ0) is 25.1. The first kappa shape index (κ1) is 25.5. The third-order valence-corrected chi connectivity index (χ3v) is 7.88. The van der Waals surface area contributed by atoms with E-state index in [-0.39, 0.29) is 32.8 Å². The molecule has 9 heteroatoms. The smallest absolute Gasteiger partial charge is 0.280 e. The van der Waals surface area contributed by atoms with Gasteiger partial charge in [-0.2, -0.15) is 4.37 Å². The van der Waals surface area contributed by atoms with Gasteiger partial charge in [0.05, 0.1) is 0 Å². The number of phenolic OH excluding ortho intramolecular Hbond substituents is 1. The second-order valence-corrected chi connectivity index (χ2v) is 10.8. The standard InChI is InChI=1S/C26H27Cl2N3O3S/c1-15(2)16-7-11-19(12-8-16)31(26(34)22-21(27)24(28)35-30-22)23(17-9-13-20(32)14-10-17)25(33)29-18-5-3-4-6-18/h7-15,18,23,32H,3-6H2,1-2H3,(H,29,33). The van der Waals surface area contributed by atoms with Gasteiger partial charge in [-0.05, 0) is 65.7 Å². The molecule has 2 N–H and O–H groups in total. The number of hydrogen-bond donors (Lipinski definition) is 2. The van der Waals surface area contributed by atoms with Crippen LogP contribution in [0, 0.1) is 0 Å². The number of amides is 2. The molecule has 35 heavy (non-hydrogen) atoms. The highest BCUT2D eigenvalue weighted by Crippen LogP contribution is 2.36. The first-order chi connectivity index (χ1) is 16.8. The largest absolute Gasteiger partial charge is 0.508 e. The number of phenols is 1. The lowest BCUT2D eigenvalue weighted by molar-refractivity contribution is -0.123. The van der Waals surface area contributed by atoms with Crippen molar-refractivity contribution in [1.29, 1.82) is 0 Å². The molecular weight excluding hydrogens is 505 g/mol. The Kier molecular flexibility index (Phi) is 7.99. The molecule has 4 rings (SSSR count). The van der Waals surface area contributed by atoms with Crippen LogP contribution < -0.4 is 10.2 Å². The number of aromatic hydroxyl groups is 1. The van der Waals surface area contributed by atoms with Crippen LogP contribution in [0.3, 0.4) is 0 Å². The van der Waals surface area contributed by atoms with Crippen LogP contribution >= 0.6 is 34.7 Å². The van der Waals surface area contributed by atoms with E-state index in [2.05, 4.69) is 23.5 Å². The van der Waals surface area contributed by atoms with Gasteiger partial charge in [0.1, 0.15) is 21.2 Å². The van der Waals surface area contributed by atoms with Crippen molar-refractivity contribution in [2.75, 3.05) is 4.90 Å². The number of rotatable bonds is 7. The molecule has 0 radical (unpaired) electrons. The molecule has 0 bridgehead atoms. The van der Waals surface area contributed by atoms with E-state index in [1.54, 1.807) is 12.1 Å². The predicted octanol–water partition coefficient (Wildman–Crippen LogP) is 6.73. The molecule has 3 aromatic rings. The predicted molar refractivity (Wildman–Crippen MR) is 141 cm³/mol. The maximum atomic E-state index is 13.9. The minimum atomic E-state index is -1.01. The number of nitrogens with one attached hydrogen (secondary N) is 1. The average molecular weight is 532 g/mol. The van der Waals surface area contributed by atoms with Crippen molar-refractivity contribution in [2.45, 2.75) is 57.5 Å². The fourth-order valence-corrected chi connectivity index (χ4v) is 5.32. The summed E-state index contributed by atoms with van der Waals surface area (Å²) in [6.45, 7) is 4.17. The number of anilines is 1. The van der Waals surface area contributed by atoms with E-state index in [9.17, 15) is 14.7 Å². The maximum Gasteiger partial charge on any atom is 0.280 e. The highest BCUT2D eigenvalue weighted by molar-refractivity contribution is 7.11. The van der Waals surface area contributed by atoms with Gasteiger partial charge in [-0.25, -0.2) is 0 Å².